The topological polar surface area (TPSA) is 34.9 Å². The highest BCUT2D eigenvalue weighted by molar-refractivity contribution is 6.36. The standard InChI is InChI=1S/C11H7Cl3N2O/c1-16-10(17)5-9(15-11(16)14)7-3-2-6(12)4-8(7)13/h2-5H,1H3. The lowest BCUT2D eigenvalue weighted by Crippen LogP contribution is -2.17. The van der Waals surface area contributed by atoms with Crippen LogP contribution in [0.25, 0.3) is 11.3 Å². The monoisotopic (exact) mass is 288 g/mol. The molecule has 88 valence electrons. The highest BCUT2D eigenvalue weighted by Gasteiger charge is 2.09. The summed E-state index contributed by atoms with van der Waals surface area (Å²) in [5, 5.41) is 1.06. The molecular formula is C11H7Cl3N2O. The molecule has 2 aromatic rings. The number of aromatic nitrogens is 2. The molecule has 0 spiro atoms. The molecule has 1 heterocycles. The molecule has 2 rings (SSSR count). The number of hydrogen-bond donors (Lipinski definition) is 0. The third-order valence-electron chi connectivity index (χ3n) is 2.29. The van der Waals surface area contributed by atoms with E-state index in [0.29, 0.717) is 21.3 Å². The van der Waals surface area contributed by atoms with E-state index in [2.05, 4.69) is 4.98 Å². The van der Waals surface area contributed by atoms with E-state index in [1.54, 1.807) is 25.2 Å². The van der Waals surface area contributed by atoms with Gasteiger partial charge in [0.05, 0.1) is 10.7 Å². The normalized spacial score (nSPS) is 10.6. The van der Waals surface area contributed by atoms with Crippen LogP contribution in [0.3, 0.4) is 0 Å². The van der Waals surface area contributed by atoms with E-state index in [0.717, 1.165) is 0 Å². The first-order valence-electron chi connectivity index (χ1n) is 4.68. The molecule has 0 bridgehead atoms. The SMILES string of the molecule is Cn1c(Cl)nc(-c2ccc(Cl)cc2Cl)cc1=O. The quantitative estimate of drug-likeness (QED) is 0.754. The van der Waals surface area contributed by atoms with Crippen LogP contribution >= 0.6 is 34.8 Å². The van der Waals surface area contributed by atoms with Crippen molar-refractivity contribution < 1.29 is 0 Å². The smallest absolute Gasteiger partial charge is 0.254 e. The van der Waals surface area contributed by atoms with E-state index in [1.807, 2.05) is 0 Å². The minimum atomic E-state index is -0.244. The summed E-state index contributed by atoms with van der Waals surface area (Å²) in [6, 6.07) is 6.34. The molecule has 1 aromatic carbocycles. The summed E-state index contributed by atoms with van der Waals surface area (Å²) in [6.45, 7) is 0. The van der Waals surface area contributed by atoms with Crippen LogP contribution in [-0.4, -0.2) is 9.55 Å². The van der Waals surface area contributed by atoms with Gasteiger partial charge in [-0.3, -0.25) is 9.36 Å². The van der Waals surface area contributed by atoms with Gasteiger partial charge in [0.25, 0.3) is 5.56 Å². The van der Waals surface area contributed by atoms with Gasteiger partial charge in [0.2, 0.25) is 5.28 Å². The van der Waals surface area contributed by atoms with Gasteiger partial charge in [-0.1, -0.05) is 23.2 Å². The van der Waals surface area contributed by atoms with Gasteiger partial charge in [-0.25, -0.2) is 4.98 Å². The minimum Gasteiger partial charge on any atom is -0.286 e. The van der Waals surface area contributed by atoms with Crippen LogP contribution in [0.15, 0.2) is 29.1 Å². The van der Waals surface area contributed by atoms with Crippen LogP contribution in [0.1, 0.15) is 0 Å². The predicted molar refractivity (Wildman–Crippen MR) is 69.9 cm³/mol. The summed E-state index contributed by atoms with van der Waals surface area (Å²) in [4.78, 5) is 15.7. The maximum absolute atomic E-state index is 11.6. The summed E-state index contributed by atoms with van der Waals surface area (Å²) in [7, 11) is 1.55. The van der Waals surface area contributed by atoms with Crippen molar-refractivity contribution in [1.82, 2.24) is 9.55 Å². The lowest BCUT2D eigenvalue weighted by molar-refractivity contribution is 0.828. The Morgan fingerprint density at radius 2 is 1.88 bits per heavy atom. The van der Waals surface area contributed by atoms with Gasteiger partial charge in [-0.2, -0.15) is 0 Å². The van der Waals surface area contributed by atoms with Gasteiger partial charge in [0.15, 0.2) is 0 Å². The highest BCUT2D eigenvalue weighted by atomic mass is 35.5. The fourth-order valence-corrected chi connectivity index (χ4v) is 2.03. The Kier molecular flexibility index (Phi) is 3.43. The van der Waals surface area contributed by atoms with Crippen molar-refractivity contribution in [3.8, 4) is 11.3 Å². The predicted octanol–water partition coefficient (Wildman–Crippen LogP) is 3.41. The number of halogens is 3. The second kappa shape index (κ2) is 4.69. The maximum atomic E-state index is 11.6. The molecule has 1 aromatic heterocycles. The Morgan fingerprint density at radius 1 is 1.18 bits per heavy atom. The second-order valence-electron chi connectivity index (χ2n) is 3.43. The Hall–Kier alpha value is -1.03. The van der Waals surface area contributed by atoms with Crippen molar-refractivity contribution in [2.24, 2.45) is 7.05 Å². The molecule has 0 aliphatic carbocycles. The minimum absolute atomic E-state index is 0.110. The van der Waals surface area contributed by atoms with Crippen molar-refractivity contribution in [1.29, 1.82) is 0 Å². The van der Waals surface area contributed by atoms with Gasteiger partial charge in [0.1, 0.15) is 0 Å². The zero-order chi connectivity index (χ0) is 12.6. The molecule has 0 aliphatic heterocycles. The number of hydrogen-bond acceptors (Lipinski definition) is 2. The largest absolute Gasteiger partial charge is 0.286 e. The molecule has 0 atom stereocenters. The van der Waals surface area contributed by atoms with Gasteiger partial charge < -0.3 is 0 Å². The summed E-state index contributed by atoms with van der Waals surface area (Å²) < 4.78 is 1.24. The summed E-state index contributed by atoms with van der Waals surface area (Å²) in [5.41, 5.74) is 0.807. The Balaban J connectivity index is 2.65. The molecule has 0 radical (unpaired) electrons. The van der Waals surface area contributed by atoms with E-state index >= 15 is 0 Å². The van der Waals surface area contributed by atoms with E-state index in [-0.39, 0.29) is 10.8 Å². The zero-order valence-corrected chi connectivity index (χ0v) is 11.0. The van der Waals surface area contributed by atoms with Crippen molar-refractivity contribution in [2.75, 3.05) is 0 Å². The molecule has 0 N–H and O–H groups in total. The van der Waals surface area contributed by atoms with Crippen LogP contribution in [0, 0.1) is 0 Å². The van der Waals surface area contributed by atoms with E-state index < -0.39 is 0 Å². The molecular weight excluding hydrogens is 282 g/mol. The fourth-order valence-electron chi connectivity index (χ4n) is 1.35. The van der Waals surface area contributed by atoms with E-state index in [9.17, 15) is 4.79 Å². The van der Waals surface area contributed by atoms with Crippen LogP contribution < -0.4 is 5.56 Å². The number of nitrogens with zero attached hydrogens (tertiary/aromatic N) is 2. The first kappa shape index (κ1) is 12.4. The molecule has 0 aliphatic rings. The van der Waals surface area contributed by atoms with Crippen molar-refractivity contribution in [2.45, 2.75) is 0 Å². The lowest BCUT2D eigenvalue weighted by atomic mass is 10.1. The van der Waals surface area contributed by atoms with Gasteiger partial charge >= 0.3 is 0 Å². The third-order valence-corrected chi connectivity index (χ3v) is 3.17. The van der Waals surface area contributed by atoms with E-state index in [1.165, 1.54) is 10.6 Å². The van der Waals surface area contributed by atoms with Crippen molar-refractivity contribution >= 4 is 34.8 Å². The summed E-state index contributed by atoms with van der Waals surface area (Å²) >= 11 is 17.7. The van der Waals surface area contributed by atoms with Crippen molar-refractivity contribution in [3.05, 3.63) is 49.9 Å². The van der Waals surface area contributed by atoms with Crippen LogP contribution in [0.4, 0.5) is 0 Å². The Labute approximate surface area is 113 Å². The van der Waals surface area contributed by atoms with Crippen LogP contribution in [-0.2, 0) is 7.05 Å². The zero-order valence-electron chi connectivity index (χ0n) is 8.75. The Bertz CT molecular complexity index is 637. The molecule has 0 fully saturated rings. The number of benzene rings is 1. The molecule has 3 nitrogen and oxygen atoms in total. The van der Waals surface area contributed by atoms with Gasteiger partial charge in [-0.15, -0.1) is 0 Å². The first-order chi connectivity index (χ1) is 7.99. The summed E-state index contributed by atoms with van der Waals surface area (Å²) in [5.74, 6) is 0. The van der Waals surface area contributed by atoms with Crippen molar-refractivity contribution in [3.63, 3.8) is 0 Å². The average Bonchev–Trinajstić information content (AvgIpc) is 2.25. The molecule has 0 unspecified atom stereocenters. The van der Waals surface area contributed by atoms with Crippen LogP contribution in [0.5, 0.6) is 0 Å². The molecule has 0 saturated carbocycles. The molecule has 6 heteroatoms. The van der Waals surface area contributed by atoms with Gasteiger partial charge in [0, 0.05) is 23.7 Å². The van der Waals surface area contributed by atoms with E-state index in [4.69, 9.17) is 34.8 Å². The molecule has 17 heavy (non-hydrogen) atoms. The number of rotatable bonds is 1. The maximum Gasteiger partial charge on any atom is 0.254 e. The second-order valence-corrected chi connectivity index (χ2v) is 4.61. The Morgan fingerprint density at radius 3 is 2.47 bits per heavy atom. The molecule has 0 amide bonds. The van der Waals surface area contributed by atoms with Crippen LogP contribution in [0.2, 0.25) is 15.3 Å². The fraction of sp³-hybridized carbons (Fsp3) is 0.0909. The first-order valence-corrected chi connectivity index (χ1v) is 5.81. The summed E-state index contributed by atoms with van der Waals surface area (Å²) in [6.07, 6.45) is 0. The molecule has 0 saturated heterocycles. The lowest BCUT2D eigenvalue weighted by Gasteiger charge is -2.06. The highest BCUT2D eigenvalue weighted by Crippen LogP contribution is 2.28. The van der Waals surface area contributed by atoms with Gasteiger partial charge in [-0.05, 0) is 29.8 Å². The average molecular weight is 290 g/mol. The third kappa shape index (κ3) is 2.46.